The van der Waals surface area contributed by atoms with E-state index in [1.165, 1.54) is 12.1 Å². The van der Waals surface area contributed by atoms with Gasteiger partial charge in [-0.05, 0) is 37.1 Å². The minimum absolute atomic E-state index is 0.0155. The van der Waals surface area contributed by atoms with Gasteiger partial charge in [-0.1, -0.05) is 0 Å². The number of benzene rings is 1. The first-order valence-electron chi connectivity index (χ1n) is 6.07. The average Bonchev–Trinajstić information content (AvgIpc) is 2.84. The van der Waals surface area contributed by atoms with Crippen molar-refractivity contribution in [2.75, 3.05) is 18.1 Å². The fraction of sp³-hybridized carbons (Fsp3) is 0.462. The van der Waals surface area contributed by atoms with Crippen molar-refractivity contribution in [1.82, 2.24) is 0 Å². The largest absolute Gasteiger partial charge is 0.478 e. The number of halogens is 2. The van der Waals surface area contributed by atoms with Gasteiger partial charge in [-0.15, -0.1) is 0 Å². The van der Waals surface area contributed by atoms with Gasteiger partial charge in [0.1, 0.15) is 0 Å². The predicted molar refractivity (Wildman–Crippen MR) is 65.7 cm³/mol. The van der Waals surface area contributed by atoms with E-state index < -0.39 is 12.6 Å². The van der Waals surface area contributed by atoms with E-state index >= 15 is 0 Å². The fourth-order valence-corrected chi connectivity index (χ4v) is 2.33. The number of carboxylic acid groups (broad SMARTS) is 1. The first-order valence-corrected chi connectivity index (χ1v) is 6.07. The number of rotatable bonds is 5. The summed E-state index contributed by atoms with van der Waals surface area (Å²) in [6, 6.07) is 6.35. The Morgan fingerprint density at radius 3 is 2.68 bits per heavy atom. The molecule has 1 saturated heterocycles. The number of alkyl halides is 2. The Balaban J connectivity index is 2.04. The molecule has 0 saturated carbocycles. The minimum Gasteiger partial charge on any atom is -0.478 e. The second-order valence-electron chi connectivity index (χ2n) is 4.44. The van der Waals surface area contributed by atoms with Crippen LogP contribution in [0.2, 0.25) is 0 Å². The lowest BCUT2D eigenvalue weighted by Crippen LogP contribution is -2.33. The van der Waals surface area contributed by atoms with Crippen LogP contribution in [0.4, 0.5) is 14.5 Å². The Kier molecular flexibility index (Phi) is 4.31. The molecule has 1 aliphatic rings. The second kappa shape index (κ2) is 5.97. The molecule has 0 amide bonds. The predicted octanol–water partition coefficient (Wildman–Crippen LogP) is 2.59. The van der Waals surface area contributed by atoms with Crippen LogP contribution in [0.3, 0.4) is 0 Å². The molecule has 0 aliphatic carbocycles. The summed E-state index contributed by atoms with van der Waals surface area (Å²) < 4.78 is 28.5. The molecule has 6 heteroatoms. The highest BCUT2D eigenvalue weighted by Crippen LogP contribution is 2.26. The molecule has 2 rings (SSSR count). The lowest BCUT2D eigenvalue weighted by atomic mass is 10.2. The summed E-state index contributed by atoms with van der Waals surface area (Å²) in [6.07, 6.45) is 1.71. The van der Waals surface area contributed by atoms with E-state index in [0.717, 1.165) is 25.1 Å². The van der Waals surface area contributed by atoms with Gasteiger partial charge in [-0.3, -0.25) is 0 Å². The Hall–Kier alpha value is -1.69. The molecule has 1 aliphatic heterocycles. The summed E-state index contributed by atoms with van der Waals surface area (Å²) in [6.45, 7) is -2.00. The summed E-state index contributed by atoms with van der Waals surface area (Å²) in [5.41, 5.74) is 1.05. The molecule has 1 atom stereocenters. The van der Waals surface area contributed by atoms with Crippen molar-refractivity contribution in [3.05, 3.63) is 29.8 Å². The Morgan fingerprint density at radius 2 is 2.11 bits per heavy atom. The molecule has 0 radical (unpaired) electrons. The summed E-state index contributed by atoms with van der Waals surface area (Å²) >= 11 is 0. The lowest BCUT2D eigenvalue weighted by Gasteiger charge is -2.26. The van der Waals surface area contributed by atoms with Gasteiger partial charge in [0.15, 0.2) is 0 Å². The molecule has 104 valence electrons. The fourth-order valence-electron chi connectivity index (χ4n) is 2.33. The number of anilines is 1. The Morgan fingerprint density at radius 1 is 1.42 bits per heavy atom. The topological polar surface area (TPSA) is 49.8 Å². The van der Waals surface area contributed by atoms with E-state index in [9.17, 15) is 13.6 Å². The highest BCUT2D eigenvalue weighted by Gasteiger charge is 2.26. The standard InChI is InChI=1S/C13H15F2NO3/c14-13(15)19-8-11-2-1-7-16(11)10-5-3-9(4-6-10)12(17)18/h3-6,11,13H,1-2,7-8H2,(H,17,18). The van der Waals surface area contributed by atoms with Gasteiger partial charge in [-0.25, -0.2) is 4.79 Å². The third kappa shape index (κ3) is 3.41. The third-order valence-corrected chi connectivity index (χ3v) is 3.24. The van der Waals surface area contributed by atoms with Crippen LogP contribution in [0, 0.1) is 0 Å². The molecule has 0 aromatic heterocycles. The summed E-state index contributed by atoms with van der Waals surface area (Å²) in [5.74, 6) is -0.981. The maximum absolute atomic E-state index is 12.1. The third-order valence-electron chi connectivity index (χ3n) is 3.24. The maximum atomic E-state index is 12.1. The van der Waals surface area contributed by atoms with E-state index in [-0.39, 0.29) is 18.2 Å². The Labute approximate surface area is 109 Å². The quantitative estimate of drug-likeness (QED) is 0.894. The number of hydrogen-bond acceptors (Lipinski definition) is 3. The molecule has 0 bridgehead atoms. The van der Waals surface area contributed by atoms with E-state index in [0.29, 0.717) is 0 Å². The summed E-state index contributed by atoms with van der Waals surface area (Å²) in [4.78, 5) is 12.7. The molecule has 1 heterocycles. The van der Waals surface area contributed by atoms with Gasteiger partial charge < -0.3 is 14.7 Å². The molecule has 1 unspecified atom stereocenters. The number of ether oxygens (including phenoxy) is 1. The normalized spacial score (nSPS) is 19.1. The number of aromatic carboxylic acids is 1. The van der Waals surface area contributed by atoms with Crippen LogP contribution >= 0.6 is 0 Å². The van der Waals surface area contributed by atoms with Gasteiger partial charge in [-0.2, -0.15) is 8.78 Å². The van der Waals surface area contributed by atoms with Crippen LogP contribution in [0.15, 0.2) is 24.3 Å². The van der Waals surface area contributed by atoms with Crippen molar-refractivity contribution < 1.29 is 23.4 Å². The molecule has 19 heavy (non-hydrogen) atoms. The van der Waals surface area contributed by atoms with Crippen molar-refractivity contribution in [2.45, 2.75) is 25.5 Å². The van der Waals surface area contributed by atoms with Crippen LogP contribution in [-0.4, -0.2) is 36.9 Å². The SMILES string of the molecule is O=C(O)c1ccc(N2CCCC2COC(F)F)cc1. The maximum Gasteiger partial charge on any atom is 0.345 e. The molecule has 4 nitrogen and oxygen atoms in total. The van der Waals surface area contributed by atoms with Gasteiger partial charge in [0.05, 0.1) is 18.2 Å². The first-order chi connectivity index (χ1) is 9.08. The second-order valence-corrected chi connectivity index (χ2v) is 4.44. The van der Waals surface area contributed by atoms with Crippen molar-refractivity contribution in [3.63, 3.8) is 0 Å². The zero-order valence-corrected chi connectivity index (χ0v) is 10.3. The number of carbonyl (C=O) groups is 1. The van der Waals surface area contributed by atoms with Gasteiger partial charge in [0.25, 0.3) is 0 Å². The number of nitrogens with zero attached hydrogens (tertiary/aromatic N) is 1. The van der Waals surface area contributed by atoms with E-state index in [2.05, 4.69) is 4.74 Å². The number of carboxylic acids is 1. The van der Waals surface area contributed by atoms with Crippen molar-refractivity contribution >= 4 is 11.7 Å². The smallest absolute Gasteiger partial charge is 0.345 e. The molecule has 0 spiro atoms. The number of hydrogen-bond donors (Lipinski definition) is 1. The van der Waals surface area contributed by atoms with Crippen LogP contribution in [0.5, 0.6) is 0 Å². The molecule has 1 fully saturated rings. The molecular formula is C13H15F2NO3. The van der Waals surface area contributed by atoms with E-state index in [4.69, 9.17) is 5.11 Å². The van der Waals surface area contributed by atoms with Crippen LogP contribution < -0.4 is 4.90 Å². The van der Waals surface area contributed by atoms with Crippen LogP contribution in [0.1, 0.15) is 23.2 Å². The van der Waals surface area contributed by atoms with Crippen LogP contribution in [-0.2, 0) is 4.74 Å². The lowest BCUT2D eigenvalue weighted by molar-refractivity contribution is -0.131. The zero-order valence-electron chi connectivity index (χ0n) is 10.3. The van der Waals surface area contributed by atoms with E-state index in [1.54, 1.807) is 12.1 Å². The zero-order chi connectivity index (χ0) is 13.8. The first kappa shape index (κ1) is 13.7. The van der Waals surface area contributed by atoms with Crippen LogP contribution in [0.25, 0.3) is 0 Å². The van der Waals surface area contributed by atoms with Crippen molar-refractivity contribution in [3.8, 4) is 0 Å². The molecular weight excluding hydrogens is 256 g/mol. The van der Waals surface area contributed by atoms with Crippen molar-refractivity contribution in [1.29, 1.82) is 0 Å². The Bertz CT molecular complexity index is 436. The highest BCUT2D eigenvalue weighted by atomic mass is 19.3. The monoisotopic (exact) mass is 271 g/mol. The molecule has 1 N–H and O–H groups in total. The summed E-state index contributed by atoms with van der Waals surface area (Å²) in [5, 5.41) is 8.82. The van der Waals surface area contributed by atoms with Gasteiger partial charge in [0, 0.05) is 12.2 Å². The highest BCUT2D eigenvalue weighted by molar-refractivity contribution is 5.88. The average molecular weight is 271 g/mol. The van der Waals surface area contributed by atoms with Gasteiger partial charge >= 0.3 is 12.6 Å². The van der Waals surface area contributed by atoms with Gasteiger partial charge in [0.2, 0.25) is 0 Å². The molecule has 1 aromatic rings. The molecule has 1 aromatic carbocycles. The minimum atomic E-state index is -2.75. The van der Waals surface area contributed by atoms with Crippen molar-refractivity contribution in [2.24, 2.45) is 0 Å². The summed E-state index contributed by atoms with van der Waals surface area (Å²) in [7, 11) is 0. The van der Waals surface area contributed by atoms with E-state index in [1.807, 2.05) is 4.90 Å².